The molecule has 0 saturated heterocycles. The Kier molecular flexibility index (Phi) is 2.23. The largest absolute Gasteiger partial charge is 0.481 e. The highest BCUT2D eigenvalue weighted by molar-refractivity contribution is 5.38. The number of methoxy groups -OCH3 is 1. The number of nitrogens with zero attached hydrogens (tertiary/aromatic N) is 2. The molecule has 0 aliphatic heterocycles. The molecular formula is C10H17N3O. The second-order valence-corrected chi connectivity index (χ2v) is 3.97. The summed E-state index contributed by atoms with van der Waals surface area (Å²) in [6.07, 6.45) is 1.18. The Morgan fingerprint density at radius 1 is 1.64 bits per heavy atom. The Hall–Kier alpha value is -1.03. The van der Waals surface area contributed by atoms with E-state index in [1.54, 1.807) is 11.8 Å². The van der Waals surface area contributed by atoms with E-state index in [0.717, 1.165) is 18.1 Å². The summed E-state index contributed by atoms with van der Waals surface area (Å²) in [6, 6.07) is 0. The van der Waals surface area contributed by atoms with Crippen molar-refractivity contribution in [3.05, 3.63) is 11.3 Å². The monoisotopic (exact) mass is 195 g/mol. The number of aryl methyl sites for hydroxylation is 2. The molecule has 1 saturated carbocycles. The SMILES string of the molecule is COc1c(C2CC2CN)c(C)nn1C. The Balaban J connectivity index is 2.32. The topological polar surface area (TPSA) is 53.1 Å². The molecule has 1 aromatic rings. The van der Waals surface area contributed by atoms with Crippen LogP contribution in [0.5, 0.6) is 5.88 Å². The lowest BCUT2D eigenvalue weighted by Gasteiger charge is -2.03. The van der Waals surface area contributed by atoms with Gasteiger partial charge in [-0.1, -0.05) is 0 Å². The van der Waals surface area contributed by atoms with Crippen LogP contribution in [0.25, 0.3) is 0 Å². The van der Waals surface area contributed by atoms with Gasteiger partial charge in [-0.3, -0.25) is 0 Å². The first kappa shape index (κ1) is 9.52. The van der Waals surface area contributed by atoms with Crippen LogP contribution in [0.3, 0.4) is 0 Å². The van der Waals surface area contributed by atoms with E-state index >= 15 is 0 Å². The Morgan fingerprint density at radius 3 is 2.86 bits per heavy atom. The first-order valence-corrected chi connectivity index (χ1v) is 4.96. The maximum atomic E-state index is 5.64. The number of hydrogen-bond donors (Lipinski definition) is 1. The molecule has 2 unspecified atom stereocenters. The third kappa shape index (κ3) is 1.30. The number of rotatable bonds is 3. The Bertz CT molecular complexity index is 345. The van der Waals surface area contributed by atoms with E-state index in [-0.39, 0.29) is 0 Å². The molecule has 1 aliphatic carbocycles. The molecule has 0 bridgehead atoms. The van der Waals surface area contributed by atoms with Gasteiger partial charge >= 0.3 is 0 Å². The summed E-state index contributed by atoms with van der Waals surface area (Å²) in [7, 11) is 3.61. The van der Waals surface area contributed by atoms with Crippen molar-refractivity contribution < 1.29 is 4.74 Å². The van der Waals surface area contributed by atoms with Crippen LogP contribution in [0.4, 0.5) is 0 Å². The standard InChI is InChI=1S/C10H17N3O/c1-6-9(8-4-7(8)5-11)10(14-3)13(2)12-6/h7-8H,4-5,11H2,1-3H3. The van der Waals surface area contributed by atoms with Crippen LogP contribution in [-0.4, -0.2) is 23.4 Å². The number of nitrogens with two attached hydrogens (primary N) is 1. The summed E-state index contributed by atoms with van der Waals surface area (Å²) in [5, 5.41) is 4.36. The van der Waals surface area contributed by atoms with E-state index < -0.39 is 0 Å². The lowest BCUT2D eigenvalue weighted by atomic mass is 10.1. The van der Waals surface area contributed by atoms with Gasteiger partial charge in [0.1, 0.15) is 0 Å². The third-order valence-electron chi connectivity index (χ3n) is 3.00. The van der Waals surface area contributed by atoms with Crippen LogP contribution in [-0.2, 0) is 7.05 Å². The predicted octanol–water partition coefficient (Wildman–Crippen LogP) is 0.799. The first-order valence-electron chi connectivity index (χ1n) is 4.96. The normalized spacial score (nSPS) is 25.1. The average molecular weight is 195 g/mol. The van der Waals surface area contributed by atoms with E-state index in [1.807, 2.05) is 14.0 Å². The van der Waals surface area contributed by atoms with Gasteiger partial charge in [0.05, 0.1) is 12.8 Å². The molecule has 2 atom stereocenters. The molecule has 0 aromatic carbocycles. The predicted molar refractivity (Wildman–Crippen MR) is 54.4 cm³/mol. The minimum absolute atomic E-state index is 0.573. The third-order valence-corrected chi connectivity index (χ3v) is 3.00. The van der Waals surface area contributed by atoms with Crippen molar-refractivity contribution in [1.29, 1.82) is 0 Å². The van der Waals surface area contributed by atoms with E-state index in [4.69, 9.17) is 10.5 Å². The van der Waals surface area contributed by atoms with E-state index in [9.17, 15) is 0 Å². The van der Waals surface area contributed by atoms with Crippen LogP contribution < -0.4 is 10.5 Å². The van der Waals surface area contributed by atoms with Crippen molar-refractivity contribution >= 4 is 0 Å². The summed E-state index contributed by atoms with van der Waals surface area (Å²) < 4.78 is 7.15. The zero-order chi connectivity index (χ0) is 10.3. The summed E-state index contributed by atoms with van der Waals surface area (Å²) in [6.45, 7) is 2.80. The summed E-state index contributed by atoms with van der Waals surface area (Å²) in [4.78, 5) is 0. The second-order valence-electron chi connectivity index (χ2n) is 3.97. The van der Waals surface area contributed by atoms with Crippen molar-refractivity contribution in [2.75, 3.05) is 13.7 Å². The lowest BCUT2D eigenvalue weighted by Crippen LogP contribution is -2.03. The van der Waals surface area contributed by atoms with Gasteiger partial charge < -0.3 is 10.5 Å². The molecule has 2 rings (SSSR count). The molecule has 4 heteroatoms. The summed E-state index contributed by atoms with van der Waals surface area (Å²) in [5.41, 5.74) is 7.97. The smallest absolute Gasteiger partial charge is 0.215 e. The minimum Gasteiger partial charge on any atom is -0.481 e. The molecule has 4 nitrogen and oxygen atoms in total. The number of aromatic nitrogens is 2. The quantitative estimate of drug-likeness (QED) is 0.776. The van der Waals surface area contributed by atoms with Crippen molar-refractivity contribution in [2.24, 2.45) is 18.7 Å². The van der Waals surface area contributed by atoms with Gasteiger partial charge in [0.15, 0.2) is 0 Å². The molecule has 0 spiro atoms. The van der Waals surface area contributed by atoms with Crippen LogP contribution >= 0.6 is 0 Å². The van der Waals surface area contributed by atoms with Crippen molar-refractivity contribution in [3.63, 3.8) is 0 Å². The van der Waals surface area contributed by atoms with Gasteiger partial charge in [0.2, 0.25) is 5.88 Å². The van der Waals surface area contributed by atoms with Crippen molar-refractivity contribution in [2.45, 2.75) is 19.3 Å². The molecular weight excluding hydrogens is 178 g/mol. The fraction of sp³-hybridized carbons (Fsp3) is 0.700. The lowest BCUT2D eigenvalue weighted by molar-refractivity contribution is 0.369. The second kappa shape index (κ2) is 3.28. The van der Waals surface area contributed by atoms with Crippen molar-refractivity contribution in [3.8, 4) is 5.88 Å². The van der Waals surface area contributed by atoms with E-state index in [2.05, 4.69) is 5.10 Å². The Morgan fingerprint density at radius 2 is 2.36 bits per heavy atom. The molecule has 1 aliphatic rings. The zero-order valence-electron chi connectivity index (χ0n) is 8.95. The van der Waals surface area contributed by atoms with E-state index in [0.29, 0.717) is 11.8 Å². The first-order chi connectivity index (χ1) is 6.69. The van der Waals surface area contributed by atoms with Crippen LogP contribution in [0.2, 0.25) is 0 Å². The fourth-order valence-electron chi connectivity index (χ4n) is 2.18. The van der Waals surface area contributed by atoms with Gasteiger partial charge in [-0.25, -0.2) is 4.68 Å². The molecule has 78 valence electrons. The minimum atomic E-state index is 0.573. The van der Waals surface area contributed by atoms with Crippen molar-refractivity contribution in [1.82, 2.24) is 9.78 Å². The average Bonchev–Trinajstić information content (AvgIpc) is 2.86. The fourth-order valence-corrected chi connectivity index (χ4v) is 2.18. The Labute approximate surface area is 84.0 Å². The molecule has 0 amide bonds. The maximum absolute atomic E-state index is 5.64. The highest BCUT2D eigenvalue weighted by Crippen LogP contribution is 2.50. The molecule has 2 N–H and O–H groups in total. The van der Waals surface area contributed by atoms with Gasteiger partial charge in [0, 0.05) is 12.6 Å². The van der Waals surface area contributed by atoms with Crippen LogP contribution in [0.1, 0.15) is 23.6 Å². The van der Waals surface area contributed by atoms with Gasteiger partial charge in [-0.15, -0.1) is 0 Å². The zero-order valence-corrected chi connectivity index (χ0v) is 8.95. The van der Waals surface area contributed by atoms with Gasteiger partial charge in [-0.2, -0.15) is 5.10 Å². The number of hydrogen-bond acceptors (Lipinski definition) is 3. The highest BCUT2D eigenvalue weighted by Gasteiger charge is 2.41. The highest BCUT2D eigenvalue weighted by atomic mass is 16.5. The molecule has 1 heterocycles. The molecule has 14 heavy (non-hydrogen) atoms. The van der Waals surface area contributed by atoms with Gasteiger partial charge in [0.25, 0.3) is 0 Å². The summed E-state index contributed by atoms with van der Waals surface area (Å²) >= 11 is 0. The maximum Gasteiger partial charge on any atom is 0.215 e. The van der Waals surface area contributed by atoms with E-state index in [1.165, 1.54) is 12.0 Å². The number of ether oxygens (including phenoxy) is 1. The molecule has 1 fully saturated rings. The van der Waals surface area contributed by atoms with Crippen LogP contribution in [0.15, 0.2) is 0 Å². The van der Waals surface area contributed by atoms with Gasteiger partial charge in [-0.05, 0) is 31.7 Å². The molecule has 1 aromatic heterocycles. The molecule has 0 radical (unpaired) electrons. The summed E-state index contributed by atoms with van der Waals surface area (Å²) in [5.74, 6) is 2.10. The van der Waals surface area contributed by atoms with Crippen LogP contribution in [0, 0.1) is 12.8 Å².